The van der Waals surface area contributed by atoms with Crippen LogP contribution in [0.2, 0.25) is 0 Å². The summed E-state index contributed by atoms with van der Waals surface area (Å²) in [6.07, 6.45) is 1.90. The highest BCUT2D eigenvalue weighted by Gasteiger charge is 2.21. The second-order valence-electron chi connectivity index (χ2n) is 5.43. The number of nitro groups is 1. The molecule has 0 spiro atoms. The number of benzene rings is 2. The third kappa shape index (κ3) is 4.51. The summed E-state index contributed by atoms with van der Waals surface area (Å²) in [6.45, 7) is -0.0977. The number of likely N-dealkylation sites (N-methyl/N-ethyl adjacent to an activating group) is 1. The molecule has 0 aliphatic carbocycles. The first-order valence-electron chi connectivity index (χ1n) is 7.55. The van der Waals surface area contributed by atoms with E-state index in [9.17, 15) is 19.7 Å². The van der Waals surface area contributed by atoms with Crippen LogP contribution in [0.25, 0.3) is 0 Å². The average Bonchev–Trinajstić information content (AvgIpc) is 2.61. The van der Waals surface area contributed by atoms with Crippen LogP contribution in [0.15, 0.2) is 47.4 Å². The number of rotatable bonds is 7. The van der Waals surface area contributed by atoms with Crippen molar-refractivity contribution in [1.29, 1.82) is 0 Å². The molecule has 9 heteroatoms. The maximum absolute atomic E-state index is 12.3. The SMILES string of the molecule is CSc1ccccc1NC(=O)CN(C)c1ccc(C(N)=O)cc1[N+](=O)[O-]. The lowest BCUT2D eigenvalue weighted by Crippen LogP contribution is -2.30. The second-order valence-corrected chi connectivity index (χ2v) is 6.28. The summed E-state index contributed by atoms with van der Waals surface area (Å²) >= 11 is 1.50. The Morgan fingerprint density at radius 3 is 2.58 bits per heavy atom. The van der Waals surface area contributed by atoms with Gasteiger partial charge in [-0.3, -0.25) is 19.7 Å². The van der Waals surface area contributed by atoms with Crippen LogP contribution in [0, 0.1) is 10.1 Å². The van der Waals surface area contributed by atoms with E-state index in [0.29, 0.717) is 5.69 Å². The molecule has 3 N–H and O–H groups in total. The first-order chi connectivity index (χ1) is 12.3. The van der Waals surface area contributed by atoms with Crippen LogP contribution < -0.4 is 16.0 Å². The minimum Gasteiger partial charge on any atom is -0.366 e. The number of hydrogen-bond donors (Lipinski definition) is 2. The number of nitrogens with zero attached hydrogens (tertiary/aromatic N) is 2. The number of para-hydroxylation sites is 1. The largest absolute Gasteiger partial charge is 0.366 e. The Morgan fingerprint density at radius 2 is 1.96 bits per heavy atom. The maximum atomic E-state index is 12.3. The average molecular weight is 374 g/mol. The Morgan fingerprint density at radius 1 is 1.27 bits per heavy atom. The summed E-state index contributed by atoms with van der Waals surface area (Å²) < 4.78 is 0. The van der Waals surface area contributed by atoms with E-state index in [0.717, 1.165) is 11.0 Å². The molecule has 0 aliphatic heterocycles. The fraction of sp³-hybridized carbons (Fsp3) is 0.176. The molecular formula is C17H18N4O4S. The van der Waals surface area contributed by atoms with E-state index in [1.54, 1.807) is 13.1 Å². The molecule has 2 aromatic rings. The van der Waals surface area contributed by atoms with Gasteiger partial charge in [0, 0.05) is 23.6 Å². The highest BCUT2D eigenvalue weighted by atomic mass is 32.2. The van der Waals surface area contributed by atoms with Crippen molar-refractivity contribution in [2.45, 2.75) is 4.90 Å². The van der Waals surface area contributed by atoms with Crippen molar-refractivity contribution >= 4 is 40.6 Å². The highest BCUT2D eigenvalue weighted by Crippen LogP contribution is 2.29. The number of anilines is 2. The molecule has 136 valence electrons. The quantitative estimate of drug-likeness (QED) is 0.437. The van der Waals surface area contributed by atoms with Gasteiger partial charge in [0.15, 0.2) is 0 Å². The first kappa shape index (κ1) is 19.3. The Bertz CT molecular complexity index is 856. The number of nitro benzene ring substituents is 1. The van der Waals surface area contributed by atoms with Gasteiger partial charge in [0.25, 0.3) is 5.69 Å². The summed E-state index contributed by atoms with van der Waals surface area (Å²) in [5, 5.41) is 14.1. The van der Waals surface area contributed by atoms with Crippen LogP contribution in [-0.2, 0) is 4.79 Å². The Balaban J connectivity index is 2.18. The fourth-order valence-electron chi connectivity index (χ4n) is 2.38. The third-order valence-corrected chi connectivity index (χ3v) is 4.43. The third-order valence-electron chi connectivity index (χ3n) is 3.63. The molecule has 0 saturated carbocycles. The Kier molecular flexibility index (Phi) is 6.18. The predicted octanol–water partition coefficient (Wildman–Crippen LogP) is 2.49. The summed E-state index contributed by atoms with van der Waals surface area (Å²) in [5.41, 5.74) is 5.80. The van der Waals surface area contributed by atoms with E-state index in [2.05, 4.69) is 5.32 Å². The molecule has 8 nitrogen and oxygen atoms in total. The molecule has 0 aromatic heterocycles. The van der Waals surface area contributed by atoms with Crippen LogP contribution in [-0.4, -0.2) is 36.6 Å². The van der Waals surface area contributed by atoms with Gasteiger partial charge in [0.05, 0.1) is 17.2 Å². The number of hydrogen-bond acceptors (Lipinski definition) is 6. The molecule has 0 atom stereocenters. The summed E-state index contributed by atoms with van der Waals surface area (Å²) in [4.78, 5) is 36.6. The van der Waals surface area contributed by atoms with Crippen molar-refractivity contribution in [2.75, 3.05) is 30.1 Å². The fourth-order valence-corrected chi connectivity index (χ4v) is 2.94. The number of nitrogens with two attached hydrogens (primary N) is 1. The zero-order chi connectivity index (χ0) is 19.3. The zero-order valence-electron chi connectivity index (χ0n) is 14.3. The molecule has 2 amide bonds. The lowest BCUT2D eigenvalue weighted by atomic mass is 10.1. The van der Waals surface area contributed by atoms with Gasteiger partial charge in [0.1, 0.15) is 5.69 Å². The molecule has 0 unspecified atom stereocenters. The zero-order valence-corrected chi connectivity index (χ0v) is 15.1. The smallest absolute Gasteiger partial charge is 0.293 e. The van der Waals surface area contributed by atoms with E-state index in [1.807, 2.05) is 24.5 Å². The lowest BCUT2D eigenvalue weighted by molar-refractivity contribution is -0.384. The number of primary amides is 1. The molecule has 0 saturated heterocycles. The molecule has 2 rings (SSSR count). The van der Waals surface area contributed by atoms with Gasteiger partial charge in [-0.25, -0.2) is 0 Å². The van der Waals surface area contributed by atoms with Crippen molar-refractivity contribution in [1.82, 2.24) is 0 Å². The molecule has 0 heterocycles. The Labute approximate surface area is 154 Å². The number of amides is 2. The van der Waals surface area contributed by atoms with Crippen molar-refractivity contribution < 1.29 is 14.5 Å². The molecular weight excluding hydrogens is 356 g/mol. The molecule has 0 fully saturated rings. The van der Waals surface area contributed by atoms with Crippen molar-refractivity contribution in [3.05, 3.63) is 58.1 Å². The minimum absolute atomic E-state index is 0.0344. The van der Waals surface area contributed by atoms with Crippen molar-refractivity contribution in [2.24, 2.45) is 5.73 Å². The van der Waals surface area contributed by atoms with Crippen LogP contribution in [0.3, 0.4) is 0 Å². The summed E-state index contributed by atoms with van der Waals surface area (Å²) in [7, 11) is 1.56. The van der Waals surface area contributed by atoms with Crippen LogP contribution in [0.5, 0.6) is 0 Å². The van der Waals surface area contributed by atoms with Gasteiger partial charge < -0.3 is 16.0 Å². The monoisotopic (exact) mass is 374 g/mol. The van der Waals surface area contributed by atoms with Crippen LogP contribution in [0.1, 0.15) is 10.4 Å². The molecule has 0 bridgehead atoms. The highest BCUT2D eigenvalue weighted by molar-refractivity contribution is 7.98. The van der Waals surface area contributed by atoms with Crippen LogP contribution in [0.4, 0.5) is 17.1 Å². The first-order valence-corrected chi connectivity index (χ1v) is 8.78. The standard InChI is InChI=1S/C17H18N4O4S/c1-20(10-16(22)19-12-5-3-4-6-15(12)26-2)13-8-7-11(17(18)23)9-14(13)21(24)25/h3-9H,10H2,1-2H3,(H2,18,23)(H,19,22). The van der Waals surface area contributed by atoms with Gasteiger partial charge in [-0.2, -0.15) is 0 Å². The maximum Gasteiger partial charge on any atom is 0.293 e. The minimum atomic E-state index is -0.756. The van der Waals surface area contributed by atoms with Crippen molar-refractivity contribution in [3.8, 4) is 0 Å². The van der Waals surface area contributed by atoms with Crippen LogP contribution >= 0.6 is 11.8 Å². The lowest BCUT2D eigenvalue weighted by Gasteiger charge is -2.19. The number of nitrogens with one attached hydrogen (secondary N) is 1. The van der Waals surface area contributed by atoms with E-state index in [1.165, 1.54) is 28.8 Å². The number of carbonyl (C=O) groups is 2. The summed E-state index contributed by atoms with van der Waals surface area (Å²) in [6, 6.07) is 11.3. The van der Waals surface area contributed by atoms with E-state index in [4.69, 9.17) is 5.73 Å². The van der Waals surface area contributed by atoms with Gasteiger partial charge in [-0.15, -0.1) is 11.8 Å². The van der Waals surface area contributed by atoms with Gasteiger partial charge in [-0.05, 0) is 30.5 Å². The predicted molar refractivity (Wildman–Crippen MR) is 102 cm³/mol. The van der Waals surface area contributed by atoms with Gasteiger partial charge in [0.2, 0.25) is 11.8 Å². The summed E-state index contributed by atoms with van der Waals surface area (Å²) in [5.74, 6) is -1.07. The molecule has 0 radical (unpaired) electrons. The number of carbonyl (C=O) groups excluding carboxylic acids is 2. The van der Waals surface area contributed by atoms with E-state index < -0.39 is 10.8 Å². The topological polar surface area (TPSA) is 119 Å². The van der Waals surface area contributed by atoms with E-state index in [-0.39, 0.29) is 29.4 Å². The number of thioether (sulfide) groups is 1. The van der Waals surface area contributed by atoms with Gasteiger partial charge in [-0.1, -0.05) is 12.1 Å². The van der Waals surface area contributed by atoms with Crippen molar-refractivity contribution in [3.63, 3.8) is 0 Å². The Hall–Kier alpha value is -3.07. The van der Waals surface area contributed by atoms with E-state index >= 15 is 0 Å². The molecule has 2 aromatic carbocycles. The normalized spacial score (nSPS) is 10.2. The second kappa shape index (κ2) is 8.34. The van der Waals surface area contributed by atoms with Gasteiger partial charge >= 0.3 is 0 Å². The molecule has 0 aliphatic rings. The molecule has 26 heavy (non-hydrogen) atoms.